The number of nitrogens with one attached hydrogen (secondary N) is 2. The van der Waals surface area contributed by atoms with E-state index in [9.17, 15) is 0 Å². The Morgan fingerprint density at radius 3 is 3.00 bits per heavy atom. The number of anilines is 1. The second-order valence-corrected chi connectivity index (χ2v) is 4.02. The average Bonchev–Trinajstić information content (AvgIpc) is 2.25. The predicted molar refractivity (Wildman–Crippen MR) is 70.6 cm³/mol. The molecule has 0 aromatic heterocycles. The second-order valence-electron chi connectivity index (χ2n) is 3.20. The largest absolute Gasteiger partial charge is 0.361 e. The molecule has 16 heavy (non-hydrogen) atoms. The van der Waals surface area contributed by atoms with Crippen LogP contribution in [0.1, 0.15) is 12.0 Å². The minimum absolute atomic E-state index is 0.427. The van der Waals surface area contributed by atoms with Crippen LogP contribution in [0.15, 0.2) is 18.2 Å². The molecule has 0 fully saturated rings. The summed E-state index contributed by atoms with van der Waals surface area (Å²) in [7, 11) is 0. The molecule has 1 aromatic carbocycles. The molecule has 0 aliphatic heterocycles. The number of hydrogen-bond acceptors (Lipinski definition) is 2. The molecule has 0 spiro atoms. The fourth-order valence-electron chi connectivity index (χ4n) is 1.14. The summed E-state index contributed by atoms with van der Waals surface area (Å²) in [5, 5.41) is 15.5. The molecular formula is C11H12ClN3S. The Bertz CT molecular complexity index is 426. The van der Waals surface area contributed by atoms with Gasteiger partial charge in [-0.25, -0.2) is 0 Å². The Balaban J connectivity index is 2.57. The Labute approximate surface area is 105 Å². The van der Waals surface area contributed by atoms with Crippen molar-refractivity contribution in [2.24, 2.45) is 0 Å². The maximum Gasteiger partial charge on any atom is 0.170 e. The lowest BCUT2D eigenvalue weighted by atomic mass is 10.2. The summed E-state index contributed by atoms with van der Waals surface area (Å²) in [6.45, 7) is 2.46. The molecule has 0 atom stereocenters. The summed E-state index contributed by atoms with van der Waals surface area (Å²) >= 11 is 11.1. The minimum atomic E-state index is 0.427. The highest BCUT2D eigenvalue weighted by atomic mass is 35.5. The fraction of sp³-hybridized carbons (Fsp3) is 0.273. The van der Waals surface area contributed by atoms with E-state index in [1.54, 1.807) is 0 Å². The van der Waals surface area contributed by atoms with Gasteiger partial charge in [0, 0.05) is 17.3 Å². The highest BCUT2D eigenvalue weighted by Gasteiger charge is 2.03. The van der Waals surface area contributed by atoms with Crippen LogP contribution < -0.4 is 10.6 Å². The van der Waals surface area contributed by atoms with E-state index >= 15 is 0 Å². The smallest absolute Gasteiger partial charge is 0.170 e. The molecule has 2 N–H and O–H groups in total. The van der Waals surface area contributed by atoms with Gasteiger partial charge in [0.25, 0.3) is 0 Å². The van der Waals surface area contributed by atoms with Crippen molar-refractivity contribution in [1.29, 1.82) is 5.26 Å². The van der Waals surface area contributed by atoms with Crippen molar-refractivity contribution in [2.75, 3.05) is 11.9 Å². The van der Waals surface area contributed by atoms with Gasteiger partial charge in [-0.2, -0.15) is 5.26 Å². The topological polar surface area (TPSA) is 47.8 Å². The zero-order valence-corrected chi connectivity index (χ0v) is 10.5. The highest BCUT2D eigenvalue weighted by Crippen LogP contribution is 2.22. The van der Waals surface area contributed by atoms with Crippen LogP contribution in [-0.2, 0) is 0 Å². The number of hydrogen-bond donors (Lipinski definition) is 2. The third kappa shape index (κ3) is 3.69. The molecule has 3 nitrogen and oxygen atoms in total. The molecule has 0 saturated heterocycles. The van der Waals surface area contributed by atoms with Gasteiger partial charge in [-0.1, -0.05) is 17.7 Å². The first kappa shape index (κ1) is 12.8. The van der Waals surface area contributed by atoms with Gasteiger partial charge < -0.3 is 10.6 Å². The normalized spacial score (nSPS) is 9.31. The molecule has 0 aliphatic rings. The number of nitriles is 1. The Morgan fingerprint density at radius 2 is 2.31 bits per heavy atom. The average molecular weight is 254 g/mol. The molecule has 5 heteroatoms. The van der Waals surface area contributed by atoms with Gasteiger partial charge >= 0.3 is 0 Å². The van der Waals surface area contributed by atoms with Crippen LogP contribution in [0.3, 0.4) is 0 Å². The van der Waals surface area contributed by atoms with E-state index in [2.05, 4.69) is 10.6 Å². The van der Waals surface area contributed by atoms with E-state index in [-0.39, 0.29) is 0 Å². The standard InChI is InChI=1S/C11H12ClN3S/c1-8-9(12)4-2-5-10(8)15-11(16)14-7-3-6-13/h2,4-5H,3,7H2,1H3,(H2,14,15,16). The van der Waals surface area contributed by atoms with E-state index in [1.165, 1.54) is 0 Å². The quantitative estimate of drug-likeness (QED) is 0.642. The molecule has 84 valence electrons. The number of benzene rings is 1. The van der Waals surface area contributed by atoms with E-state index in [4.69, 9.17) is 29.1 Å². The molecule has 0 aliphatic carbocycles. The summed E-state index contributed by atoms with van der Waals surface area (Å²) in [5.41, 5.74) is 1.83. The van der Waals surface area contributed by atoms with E-state index in [1.807, 2.05) is 31.2 Å². The Kier molecular flexibility index (Phi) is 5.03. The van der Waals surface area contributed by atoms with Crippen molar-refractivity contribution in [2.45, 2.75) is 13.3 Å². The summed E-state index contributed by atoms with van der Waals surface area (Å²) in [4.78, 5) is 0. The van der Waals surface area contributed by atoms with Crippen molar-refractivity contribution in [3.05, 3.63) is 28.8 Å². The predicted octanol–water partition coefficient (Wildman–Crippen LogP) is 2.85. The van der Waals surface area contributed by atoms with E-state index < -0.39 is 0 Å². The molecular weight excluding hydrogens is 242 g/mol. The lowest BCUT2D eigenvalue weighted by Gasteiger charge is -2.12. The van der Waals surface area contributed by atoms with Crippen molar-refractivity contribution in [1.82, 2.24) is 5.32 Å². The highest BCUT2D eigenvalue weighted by molar-refractivity contribution is 7.80. The van der Waals surface area contributed by atoms with Crippen LogP contribution >= 0.6 is 23.8 Å². The minimum Gasteiger partial charge on any atom is -0.361 e. The lowest BCUT2D eigenvalue weighted by Crippen LogP contribution is -2.29. The van der Waals surface area contributed by atoms with Crippen LogP contribution in [-0.4, -0.2) is 11.7 Å². The van der Waals surface area contributed by atoms with Gasteiger partial charge in [-0.05, 0) is 36.8 Å². The third-order valence-corrected chi connectivity index (χ3v) is 2.69. The Hall–Kier alpha value is -1.31. The van der Waals surface area contributed by atoms with Crippen LogP contribution in [0.5, 0.6) is 0 Å². The molecule has 0 unspecified atom stereocenters. The maximum atomic E-state index is 8.38. The van der Waals surface area contributed by atoms with Crippen molar-refractivity contribution in [3.8, 4) is 6.07 Å². The molecule has 0 bridgehead atoms. The van der Waals surface area contributed by atoms with Crippen LogP contribution in [0.4, 0.5) is 5.69 Å². The SMILES string of the molecule is Cc1c(Cl)cccc1NC(=S)NCCC#N. The second kappa shape index (κ2) is 6.31. The van der Waals surface area contributed by atoms with Gasteiger partial charge in [-0.3, -0.25) is 0 Å². The molecule has 0 radical (unpaired) electrons. The number of thiocarbonyl (C=S) groups is 1. The van der Waals surface area contributed by atoms with Crippen LogP contribution in [0.2, 0.25) is 5.02 Å². The summed E-state index contributed by atoms with van der Waals surface area (Å²) in [6, 6.07) is 7.62. The van der Waals surface area contributed by atoms with E-state index in [0.717, 1.165) is 11.3 Å². The van der Waals surface area contributed by atoms with Gasteiger partial charge in [0.2, 0.25) is 0 Å². The fourth-order valence-corrected chi connectivity index (χ4v) is 1.53. The molecule has 1 rings (SSSR count). The van der Waals surface area contributed by atoms with Gasteiger partial charge in [-0.15, -0.1) is 0 Å². The number of rotatable bonds is 3. The number of nitrogens with zero attached hydrogens (tertiary/aromatic N) is 1. The van der Waals surface area contributed by atoms with Gasteiger partial charge in [0.1, 0.15) is 0 Å². The first-order valence-corrected chi connectivity index (χ1v) is 5.60. The summed E-state index contributed by atoms with van der Waals surface area (Å²) < 4.78 is 0. The Morgan fingerprint density at radius 1 is 1.56 bits per heavy atom. The summed E-state index contributed by atoms with van der Waals surface area (Å²) in [6.07, 6.45) is 0.427. The van der Waals surface area contributed by atoms with Crippen LogP contribution in [0, 0.1) is 18.3 Å². The van der Waals surface area contributed by atoms with Gasteiger partial charge in [0.15, 0.2) is 5.11 Å². The molecule has 0 amide bonds. The molecule has 1 aromatic rings. The zero-order chi connectivity index (χ0) is 12.0. The van der Waals surface area contributed by atoms with Gasteiger partial charge in [0.05, 0.1) is 12.5 Å². The first-order chi connectivity index (χ1) is 7.65. The zero-order valence-electron chi connectivity index (χ0n) is 8.88. The van der Waals surface area contributed by atoms with E-state index in [0.29, 0.717) is 23.1 Å². The molecule has 0 saturated carbocycles. The maximum absolute atomic E-state index is 8.38. The van der Waals surface area contributed by atoms with Crippen molar-refractivity contribution >= 4 is 34.6 Å². The monoisotopic (exact) mass is 253 g/mol. The lowest BCUT2D eigenvalue weighted by molar-refractivity contribution is 0.905. The molecule has 0 heterocycles. The third-order valence-electron chi connectivity index (χ3n) is 2.04. The van der Waals surface area contributed by atoms with Crippen molar-refractivity contribution in [3.63, 3.8) is 0 Å². The van der Waals surface area contributed by atoms with Crippen LogP contribution in [0.25, 0.3) is 0 Å². The summed E-state index contributed by atoms with van der Waals surface area (Å²) in [5.74, 6) is 0. The number of halogens is 1. The van der Waals surface area contributed by atoms with Crippen molar-refractivity contribution < 1.29 is 0 Å². The first-order valence-electron chi connectivity index (χ1n) is 4.82.